The average Bonchev–Trinajstić information content (AvgIpc) is 2.63. The van der Waals surface area contributed by atoms with Crippen molar-refractivity contribution < 1.29 is 23.1 Å². The largest absolute Gasteiger partial charge is 0.467 e. The average molecular weight is 345 g/mol. The van der Waals surface area contributed by atoms with Gasteiger partial charge in [0.2, 0.25) is 0 Å². The van der Waals surface area contributed by atoms with Crippen LogP contribution in [0, 0.1) is 11.6 Å². The van der Waals surface area contributed by atoms with Gasteiger partial charge in [-0.3, -0.25) is 4.79 Å². The number of hydrogen-bond donors (Lipinski definition) is 1. The summed E-state index contributed by atoms with van der Waals surface area (Å²) in [4.78, 5) is 24.0. The van der Waals surface area contributed by atoms with Crippen LogP contribution in [0.2, 0.25) is 0 Å². The molecule has 4 nitrogen and oxygen atoms in total. The molecule has 0 heterocycles. The van der Waals surface area contributed by atoms with Gasteiger partial charge in [-0.1, -0.05) is 48.6 Å². The second-order valence-corrected chi connectivity index (χ2v) is 5.20. The molecule has 130 valence electrons. The number of benzene rings is 2. The first-order valence-electron chi connectivity index (χ1n) is 7.57. The molecule has 2 aromatic carbocycles. The van der Waals surface area contributed by atoms with Crippen LogP contribution in [0.4, 0.5) is 8.78 Å². The van der Waals surface area contributed by atoms with Crippen LogP contribution in [-0.2, 0) is 9.53 Å². The van der Waals surface area contributed by atoms with E-state index in [4.69, 9.17) is 0 Å². The molecule has 0 aliphatic carbocycles. The molecule has 0 spiro atoms. The summed E-state index contributed by atoms with van der Waals surface area (Å²) in [5.74, 6) is -3.96. The Bertz CT molecular complexity index is 775. The first-order chi connectivity index (χ1) is 12.0. The maximum absolute atomic E-state index is 13.7. The molecule has 0 saturated heterocycles. The lowest BCUT2D eigenvalue weighted by molar-refractivity contribution is -0.142. The summed E-state index contributed by atoms with van der Waals surface area (Å²) in [7, 11) is 1.19. The first-order valence-corrected chi connectivity index (χ1v) is 7.57. The maximum atomic E-state index is 13.7. The zero-order chi connectivity index (χ0) is 18.2. The highest BCUT2D eigenvalue weighted by molar-refractivity contribution is 5.97. The molecule has 2 rings (SSSR count). The second kappa shape index (κ2) is 8.73. The van der Waals surface area contributed by atoms with Crippen molar-refractivity contribution in [1.82, 2.24) is 5.32 Å². The smallest absolute Gasteiger partial charge is 0.328 e. The molecule has 0 fully saturated rings. The lowest BCUT2D eigenvalue weighted by Gasteiger charge is -2.15. The van der Waals surface area contributed by atoms with Gasteiger partial charge in [-0.15, -0.1) is 0 Å². The van der Waals surface area contributed by atoms with Gasteiger partial charge in [0, 0.05) is 0 Å². The van der Waals surface area contributed by atoms with E-state index in [1.165, 1.54) is 13.2 Å². The van der Waals surface area contributed by atoms with Crippen LogP contribution >= 0.6 is 0 Å². The standard InChI is InChI=1S/C19H17F2NO3/c1-25-19(24)16(12-5-9-13-7-3-2-4-8-13)22-18(23)14-10-6-11-15(20)17(14)21/h2-11,16H,12H2,1H3,(H,22,23)/b9-5+/t16-/m1/s1. The summed E-state index contributed by atoms with van der Waals surface area (Å²) in [5, 5.41) is 2.37. The predicted octanol–water partition coefficient (Wildman–Crippen LogP) is 3.34. The van der Waals surface area contributed by atoms with Crippen molar-refractivity contribution in [3.8, 4) is 0 Å². The number of carbonyl (C=O) groups excluding carboxylic acids is 2. The predicted molar refractivity (Wildman–Crippen MR) is 89.7 cm³/mol. The molecule has 0 unspecified atom stereocenters. The van der Waals surface area contributed by atoms with Gasteiger partial charge in [-0.2, -0.15) is 0 Å². The highest BCUT2D eigenvalue weighted by Gasteiger charge is 2.23. The van der Waals surface area contributed by atoms with Crippen LogP contribution in [0.5, 0.6) is 0 Å². The zero-order valence-electron chi connectivity index (χ0n) is 13.5. The monoisotopic (exact) mass is 345 g/mol. The summed E-state index contributed by atoms with van der Waals surface area (Å²) in [5.41, 5.74) is 0.453. The molecule has 1 N–H and O–H groups in total. The minimum Gasteiger partial charge on any atom is -0.467 e. The number of ether oxygens (including phenoxy) is 1. The Morgan fingerprint density at radius 3 is 2.52 bits per heavy atom. The Morgan fingerprint density at radius 1 is 1.12 bits per heavy atom. The molecule has 25 heavy (non-hydrogen) atoms. The number of nitrogens with one attached hydrogen (secondary N) is 1. The summed E-state index contributed by atoms with van der Waals surface area (Å²) in [6, 6.07) is 11.6. The van der Waals surface area contributed by atoms with Gasteiger partial charge in [0.1, 0.15) is 6.04 Å². The summed E-state index contributed by atoms with van der Waals surface area (Å²) in [6.45, 7) is 0. The topological polar surface area (TPSA) is 55.4 Å². The number of amides is 1. The third-order valence-electron chi connectivity index (χ3n) is 3.47. The summed E-state index contributed by atoms with van der Waals surface area (Å²) < 4.78 is 31.6. The Hall–Kier alpha value is -3.02. The SMILES string of the molecule is COC(=O)[C@@H](C/C=C/c1ccccc1)NC(=O)c1cccc(F)c1F. The molecule has 0 aromatic heterocycles. The molecule has 0 radical (unpaired) electrons. The highest BCUT2D eigenvalue weighted by Crippen LogP contribution is 2.12. The van der Waals surface area contributed by atoms with Crippen LogP contribution < -0.4 is 5.32 Å². The van der Waals surface area contributed by atoms with E-state index in [0.29, 0.717) is 0 Å². The van der Waals surface area contributed by atoms with E-state index in [0.717, 1.165) is 17.7 Å². The molecular weight excluding hydrogens is 328 g/mol. The number of halogens is 2. The third kappa shape index (κ3) is 4.97. The highest BCUT2D eigenvalue weighted by atomic mass is 19.2. The second-order valence-electron chi connectivity index (χ2n) is 5.20. The fourth-order valence-corrected chi connectivity index (χ4v) is 2.18. The van der Waals surface area contributed by atoms with Crippen molar-refractivity contribution in [3.63, 3.8) is 0 Å². The molecule has 6 heteroatoms. The molecule has 0 saturated carbocycles. The van der Waals surface area contributed by atoms with Crippen LogP contribution in [0.15, 0.2) is 54.6 Å². The van der Waals surface area contributed by atoms with E-state index in [1.54, 1.807) is 12.2 Å². The molecule has 1 amide bonds. The molecule has 0 aliphatic heterocycles. The number of rotatable bonds is 6. The van der Waals surface area contributed by atoms with Crippen molar-refractivity contribution in [1.29, 1.82) is 0 Å². The van der Waals surface area contributed by atoms with Crippen LogP contribution in [0.1, 0.15) is 22.3 Å². The third-order valence-corrected chi connectivity index (χ3v) is 3.47. The normalized spacial score (nSPS) is 12.0. The van der Waals surface area contributed by atoms with Crippen molar-refractivity contribution in [2.24, 2.45) is 0 Å². The van der Waals surface area contributed by atoms with Crippen LogP contribution in [-0.4, -0.2) is 25.0 Å². The lowest BCUT2D eigenvalue weighted by atomic mass is 10.1. The van der Waals surface area contributed by atoms with Gasteiger partial charge < -0.3 is 10.1 Å². The van der Waals surface area contributed by atoms with Crippen LogP contribution in [0.25, 0.3) is 6.08 Å². The molecule has 2 aromatic rings. The van der Waals surface area contributed by atoms with Gasteiger partial charge in [0.25, 0.3) is 5.91 Å². The number of esters is 1. The number of hydrogen-bond acceptors (Lipinski definition) is 3. The lowest BCUT2D eigenvalue weighted by Crippen LogP contribution is -2.41. The fourth-order valence-electron chi connectivity index (χ4n) is 2.18. The van der Waals surface area contributed by atoms with Gasteiger partial charge in [-0.05, 0) is 24.1 Å². The van der Waals surface area contributed by atoms with E-state index >= 15 is 0 Å². The molecule has 1 atom stereocenters. The van der Waals surface area contributed by atoms with E-state index in [1.807, 2.05) is 30.3 Å². The van der Waals surface area contributed by atoms with E-state index in [2.05, 4.69) is 10.1 Å². The Balaban J connectivity index is 2.09. The number of methoxy groups -OCH3 is 1. The summed E-state index contributed by atoms with van der Waals surface area (Å²) in [6.07, 6.45) is 3.62. The van der Waals surface area contributed by atoms with Gasteiger partial charge in [0.15, 0.2) is 11.6 Å². The molecule has 0 bridgehead atoms. The fraction of sp³-hybridized carbons (Fsp3) is 0.158. The minimum atomic E-state index is -1.26. The van der Waals surface area contributed by atoms with Crippen molar-refractivity contribution in [2.45, 2.75) is 12.5 Å². The van der Waals surface area contributed by atoms with Gasteiger partial charge in [0.05, 0.1) is 12.7 Å². The first kappa shape index (κ1) is 18.3. The molecular formula is C19H17F2NO3. The Morgan fingerprint density at radius 2 is 1.84 bits per heavy atom. The van der Waals surface area contributed by atoms with E-state index in [9.17, 15) is 18.4 Å². The minimum absolute atomic E-state index is 0.143. The summed E-state index contributed by atoms with van der Waals surface area (Å²) >= 11 is 0. The van der Waals surface area contributed by atoms with Crippen molar-refractivity contribution in [3.05, 3.63) is 77.4 Å². The molecule has 0 aliphatic rings. The quantitative estimate of drug-likeness (QED) is 0.817. The maximum Gasteiger partial charge on any atom is 0.328 e. The van der Waals surface area contributed by atoms with Crippen molar-refractivity contribution >= 4 is 18.0 Å². The van der Waals surface area contributed by atoms with Crippen molar-refractivity contribution in [2.75, 3.05) is 7.11 Å². The Kier molecular flexibility index (Phi) is 6.39. The zero-order valence-corrected chi connectivity index (χ0v) is 13.5. The van der Waals surface area contributed by atoms with Gasteiger partial charge in [-0.25, -0.2) is 13.6 Å². The van der Waals surface area contributed by atoms with E-state index < -0.39 is 35.1 Å². The van der Waals surface area contributed by atoms with Crippen LogP contribution in [0.3, 0.4) is 0 Å². The number of carbonyl (C=O) groups is 2. The van der Waals surface area contributed by atoms with E-state index in [-0.39, 0.29) is 6.42 Å². The Labute approximate surface area is 144 Å². The van der Waals surface area contributed by atoms with Gasteiger partial charge >= 0.3 is 5.97 Å².